The number of aromatic nitrogens is 4. The van der Waals surface area contributed by atoms with Crippen molar-refractivity contribution in [2.24, 2.45) is 0 Å². The molecule has 9 heteroatoms. The summed E-state index contributed by atoms with van der Waals surface area (Å²) >= 11 is 0. The SMILES string of the molecule is Cc1nnc(-c2ccc(CC(NC(=O)OC(C)(C)C)C(=O)OC(C)(C)C)cc2)nn1. The van der Waals surface area contributed by atoms with Gasteiger partial charge >= 0.3 is 12.1 Å². The van der Waals surface area contributed by atoms with Crippen molar-refractivity contribution in [2.45, 2.75) is 72.1 Å². The van der Waals surface area contributed by atoms with Gasteiger partial charge in [-0.15, -0.1) is 20.4 Å². The van der Waals surface area contributed by atoms with Gasteiger partial charge < -0.3 is 14.8 Å². The van der Waals surface area contributed by atoms with E-state index in [0.29, 0.717) is 11.6 Å². The molecule has 0 saturated heterocycles. The van der Waals surface area contributed by atoms with Crippen LogP contribution in [0.5, 0.6) is 0 Å². The van der Waals surface area contributed by atoms with E-state index in [1.54, 1.807) is 48.5 Å². The van der Waals surface area contributed by atoms with Gasteiger partial charge in [-0.05, 0) is 54.0 Å². The molecule has 0 aliphatic rings. The van der Waals surface area contributed by atoms with E-state index in [1.807, 2.05) is 24.3 Å². The number of rotatable bonds is 5. The average molecular weight is 415 g/mol. The molecule has 0 aliphatic heterocycles. The van der Waals surface area contributed by atoms with Gasteiger partial charge in [-0.1, -0.05) is 24.3 Å². The number of ether oxygens (including phenoxy) is 2. The molecule has 162 valence electrons. The first kappa shape index (κ1) is 23.2. The lowest BCUT2D eigenvalue weighted by molar-refractivity contribution is -0.157. The fourth-order valence-corrected chi connectivity index (χ4v) is 2.44. The maximum absolute atomic E-state index is 12.7. The number of nitrogens with zero attached hydrogens (tertiary/aromatic N) is 4. The van der Waals surface area contributed by atoms with Gasteiger partial charge in [-0.3, -0.25) is 0 Å². The molecular weight excluding hydrogens is 386 g/mol. The summed E-state index contributed by atoms with van der Waals surface area (Å²) in [6.45, 7) is 12.3. The maximum atomic E-state index is 12.7. The van der Waals surface area contributed by atoms with Crippen LogP contribution in [0.25, 0.3) is 11.4 Å². The topological polar surface area (TPSA) is 116 Å². The van der Waals surface area contributed by atoms with Crippen molar-refractivity contribution in [3.63, 3.8) is 0 Å². The number of amides is 1. The molecule has 1 N–H and O–H groups in total. The standard InChI is InChI=1S/C21H29N5O4/c1-13-23-25-17(26-24-13)15-10-8-14(9-11-15)12-16(18(27)29-20(2,3)4)22-19(28)30-21(5,6)7/h8-11,16H,12H2,1-7H3,(H,22,28). The molecule has 1 heterocycles. The summed E-state index contributed by atoms with van der Waals surface area (Å²) in [4.78, 5) is 24.9. The molecule has 1 amide bonds. The molecule has 9 nitrogen and oxygen atoms in total. The highest BCUT2D eigenvalue weighted by Crippen LogP contribution is 2.17. The van der Waals surface area contributed by atoms with Crippen LogP contribution in [0, 0.1) is 6.92 Å². The minimum atomic E-state index is -0.899. The summed E-state index contributed by atoms with van der Waals surface area (Å²) in [5.74, 6) is 0.360. The van der Waals surface area contributed by atoms with E-state index in [-0.39, 0.29) is 6.42 Å². The zero-order valence-corrected chi connectivity index (χ0v) is 18.5. The fraction of sp³-hybridized carbons (Fsp3) is 0.524. The number of nitrogens with one attached hydrogen (secondary N) is 1. The molecule has 2 aromatic rings. The van der Waals surface area contributed by atoms with Crippen LogP contribution in [0.3, 0.4) is 0 Å². The van der Waals surface area contributed by atoms with E-state index in [2.05, 4.69) is 25.7 Å². The van der Waals surface area contributed by atoms with Crippen LogP contribution in [-0.2, 0) is 20.7 Å². The number of esters is 1. The molecule has 2 rings (SSSR count). The Kier molecular flexibility index (Phi) is 7.07. The molecular formula is C21H29N5O4. The highest BCUT2D eigenvalue weighted by molar-refractivity contribution is 5.82. The van der Waals surface area contributed by atoms with E-state index in [0.717, 1.165) is 11.1 Å². The second-order valence-corrected chi connectivity index (χ2v) is 8.90. The van der Waals surface area contributed by atoms with Gasteiger partial charge in [0.2, 0.25) is 5.82 Å². The van der Waals surface area contributed by atoms with E-state index >= 15 is 0 Å². The Morgan fingerprint density at radius 3 is 1.93 bits per heavy atom. The number of hydrogen-bond donors (Lipinski definition) is 1. The van der Waals surface area contributed by atoms with Crippen molar-refractivity contribution < 1.29 is 19.1 Å². The molecule has 1 aromatic carbocycles. The molecule has 0 spiro atoms. The Balaban J connectivity index is 2.16. The van der Waals surface area contributed by atoms with Gasteiger partial charge in [0.25, 0.3) is 0 Å². The van der Waals surface area contributed by atoms with Crippen molar-refractivity contribution >= 4 is 12.1 Å². The van der Waals surface area contributed by atoms with Gasteiger partial charge in [0.05, 0.1) is 0 Å². The van der Waals surface area contributed by atoms with E-state index in [4.69, 9.17) is 9.47 Å². The summed E-state index contributed by atoms with van der Waals surface area (Å²) in [5, 5.41) is 18.4. The summed E-state index contributed by atoms with van der Waals surface area (Å²) < 4.78 is 10.7. The van der Waals surface area contributed by atoms with E-state index < -0.39 is 29.3 Å². The summed E-state index contributed by atoms with van der Waals surface area (Å²) in [7, 11) is 0. The number of hydrogen-bond acceptors (Lipinski definition) is 8. The number of benzene rings is 1. The molecule has 1 unspecified atom stereocenters. The monoisotopic (exact) mass is 415 g/mol. The van der Waals surface area contributed by atoms with Crippen molar-refractivity contribution in [1.29, 1.82) is 0 Å². The Labute approximate surface area is 176 Å². The molecule has 0 aliphatic carbocycles. The number of alkyl carbamates (subject to hydrolysis) is 1. The van der Waals surface area contributed by atoms with Crippen LogP contribution in [-0.4, -0.2) is 49.7 Å². The molecule has 1 aromatic heterocycles. The first-order chi connectivity index (χ1) is 13.8. The van der Waals surface area contributed by atoms with Gasteiger partial charge in [0, 0.05) is 12.0 Å². The summed E-state index contributed by atoms with van der Waals surface area (Å²) in [5.41, 5.74) is 0.198. The highest BCUT2D eigenvalue weighted by Gasteiger charge is 2.29. The molecule has 30 heavy (non-hydrogen) atoms. The van der Waals surface area contributed by atoms with E-state index in [9.17, 15) is 9.59 Å². The first-order valence-corrected chi connectivity index (χ1v) is 9.68. The van der Waals surface area contributed by atoms with Crippen LogP contribution in [0.2, 0.25) is 0 Å². The normalized spacial score (nSPS) is 12.8. The number of aryl methyl sites for hydroxylation is 1. The second kappa shape index (κ2) is 9.15. The Morgan fingerprint density at radius 2 is 1.43 bits per heavy atom. The zero-order chi connectivity index (χ0) is 22.5. The Morgan fingerprint density at radius 1 is 0.900 bits per heavy atom. The Bertz CT molecular complexity index is 868. The first-order valence-electron chi connectivity index (χ1n) is 9.68. The minimum Gasteiger partial charge on any atom is -0.458 e. The van der Waals surface area contributed by atoms with Crippen LogP contribution in [0.1, 0.15) is 52.9 Å². The lowest BCUT2D eigenvalue weighted by Crippen LogP contribution is -2.47. The third-order valence-electron chi connectivity index (χ3n) is 3.61. The smallest absolute Gasteiger partial charge is 0.408 e. The number of carbonyl (C=O) groups is 2. The Hall–Kier alpha value is -3.10. The highest BCUT2D eigenvalue weighted by atomic mass is 16.6. The van der Waals surface area contributed by atoms with Crippen molar-refractivity contribution in [3.05, 3.63) is 35.7 Å². The number of carbonyl (C=O) groups excluding carboxylic acids is 2. The second-order valence-electron chi connectivity index (χ2n) is 8.90. The third-order valence-corrected chi connectivity index (χ3v) is 3.61. The summed E-state index contributed by atoms with van der Waals surface area (Å²) in [6.07, 6.45) is -0.445. The summed E-state index contributed by atoms with van der Waals surface area (Å²) in [6, 6.07) is 6.37. The van der Waals surface area contributed by atoms with Crippen LogP contribution >= 0.6 is 0 Å². The average Bonchev–Trinajstić information content (AvgIpc) is 2.59. The maximum Gasteiger partial charge on any atom is 0.408 e. The lowest BCUT2D eigenvalue weighted by atomic mass is 10.0. The molecule has 0 radical (unpaired) electrons. The predicted molar refractivity (Wildman–Crippen MR) is 111 cm³/mol. The predicted octanol–water partition coefficient (Wildman–Crippen LogP) is 3.02. The molecule has 0 fully saturated rings. The van der Waals surface area contributed by atoms with Gasteiger partial charge in [-0.25, -0.2) is 9.59 Å². The van der Waals surface area contributed by atoms with Gasteiger partial charge in [-0.2, -0.15) is 0 Å². The van der Waals surface area contributed by atoms with Crippen molar-refractivity contribution in [2.75, 3.05) is 0 Å². The van der Waals surface area contributed by atoms with Crippen LogP contribution < -0.4 is 5.32 Å². The fourth-order valence-electron chi connectivity index (χ4n) is 2.44. The molecule has 0 saturated carbocycles. The largest absolute Gasteiger partial charge is 0.458 e. The van der Waals surface area contributed by atoms with Crippen LogP contribution in [0.4, 0.5) is 4.79 Å². The van der Waals surface area contributed by atoms with E-state index in [1.165, 1.54) is 0 Å². The lowest BCUT2D eigenvalue weighted by Gasteiger charge is -2.26. The van der Waals surface area contributed by atoms with Crippen molar-refractivity contribution in [3.8, 4) is 11.4 Å². The molecule has 1 atom stereocenters. The van der Waals surface area contributed by atoms with Crippen molar-refractivity contribution in [1.82, 2.24) is 25.7 Å². The van der Waals surface area contributed by atoms with Gasteiger partial charge in [0.1, 0.15) is 17.2 Å². The minimum absolute atomic E-state index is 0.236. The molecule has 0 bridgehead atoms. The van der Waals surface area contributed by atoms with Gasteiger partial charge in [0.15, 0.2) is 5.82 Å². The van der Waals surface area contributed by atoms with Crippen LogP contribution in [0.15, 0.2) is 24.3 Å². The third kappa shape index (κ3) is 7.73. The zero-order valence-electron chi connectivity index (χ0n) is 18.5. The quantitative estimate of drug-likeness (QED) is 0.741.